The van der Waals surface area contributed by atoms with Crippen LogP contribution in [0.2, 0.25) is 0 Å². The molecule has 0 bridgehead atoms. The molecular weight excluding hydrogens is 381 g/mol. The van der Waals surface area contributed by atoms with Gasteiger partial charge in [0.15, 0.2) is 5.16 Å². The van der Waals surface area contributed by atoms with Crippen LogP contribution in [0.4, 0.5) is 4.39 Å². The van der Waals surface area contributed by atoms with Crippen LogP contribution in [-0.2, 0) is 9.53 Å². The Morgan fingerprint density at radius 1 is 1.11 bits per heavy atom. The second-order valence-corrected chi connectivity index (χ2v) is 7.25. The van der Waals surface area contributed by atoms with Crippen molar-refractivity contribution in [3.63, 3.8) is 0 Å². The van der Waals surface area contributed by atoms with E-state index in [9.17, 15) is 14.0 Å². The average Bonchev–Trinajstić information content (AvgIpc) is 2.74. The molecule has 0 spiro atoms. The molecule has 144 valence electrons. The number of hydrogen-bond acceptors (Lipinski definition) is 5. The van der Waals surface area contributed by atoms with Crippen LogP contribution < -0.4 is 5.56 Å². The van der Waals surface area contributed by atoms with E-state index in [0.29, 0.717) is 48.1 Å². The fraction of sp³-hybridized carbons (Fsp3) is 0.250. The number of aromatic nitrogens is 2. The van der Waals surface area contributed by atoms with Crippen LogP contribution >= 0.6 is 11.8 Å². The van der Waals surface area contributed by atoms with E-state index in [-0.39, 0.29) is 23.0 Å². The Morgan fingerprint density at radius 3 is 2.57 bits per heavy atom. The van der Waals surface area contributed by atoms with Gasteiger partial charge in [-0.3, -0.25) is 14.2 Å². The molecule has 2 heterocycles. The zero-order valence-corrected chi connectivity index (χ0v) is 15.8. The lowest BCUT2D eigenvalue weighted by Gasteiger charge is -2.26. The molecule has 4 rings (SSSR count). The van der Waals surface area contributed by atoms with Gasteiger partial charge in [0.05, 0.1) is 35.6 Å². The van der Waals surface area contributed by atoms with Gasteiger partial charge in [0.1, 0.15) is 5.82 Å². The van der Waals surface area contributed by atoms with Gasteiger partial charge < -0.3 is 9.64 Å². The third-order valence-corrected chi connectivity index (χ3v) is 5.44. The molecule has 8 heteroatoms. The first-order valence-electron chi connectivity index (χ1n) is 8.89. The Bertz CT molecular complexity index is 1060. The second kappa shape index (κ2) is 8.12. The molecule has 0 radical (unpaired) electrons. The van der Waals surface area contributed by atoms with Gasteiger partial charge in [-0.05, 0) is 36.4 Å². The fourth-order valence-electron chi connectivity index (χ4n) is 3.06. The summed E-state index contributed by atoms with van der Waals surface area (Å²) in [6.07, 6.45) is 0. The summed E-state index contributed by atoms with van der Waals surface area (Å²) in [6, 6.07) is 12.7. The van der Waals surface area contributed by atoms with E-state index >= 15 is 0 Å². The number of carbonyl (C=O) groups is 1. The summed E-state index contributed by atoms with van der Waals surface area (Å²) in [6.45, 7) is 2.19. The Morgan fingerprint density at radius 2 is 1.82 bits per heavy atom. The third kappa shape index (κ3) is 3.79. The number of halogens is 1. The first-order valence-corrected chi connectivity index (χ1v) is 9.88. The average molecular weight is 399 g/mol. The summed E-state index contributed by atoms with van der Waals surface area (Å²) >= 11 is 1.20. The zero-order valence-electron chi connectivity index (χ0n) is 15.0. The highest BCUT2D eigenvalue weighted by atomic mass is 32.2. The van der Waals surface area contributed by atoms with E-state index in [1.54, 1.807) is 23.1 Å². The Labute approximate surface area is 164 Å². The quantitative estimate of drug-likeness (QED) is 0.498. The summed E-state index contributed by atoms with van der Waals surface area (Å²) in [5, 5.41) is 0.868. The van der Waals surface area contributed by atoms with Crippen LogP contribution in [0.1, 0.15) is 0 Å². The van der Waals surface area contributed by atoms with E-state index in [4.69, 9.17) is 4.74 Å². The lowest BCUT2D eigenvalue weighted by molar-refractivity contribution is -0.132. The van der Waals surface area contributed by atoms with Crippen molar-refractivity contribution in [1.29, 1.82) is 0 Å². The molecule has 0 aliphatic carbocycles. The first-order chi connectivity index (χ1) is 13.6. The number of amides is 1. The van der Waals surface area contributed by atoms with Gasteiger partial charge in [-0.2, -0.15) is 0 Å². The minimum atomic E-state index is -0.387. The number of hydrogen-bond donors (Lipinski definition) is 0. The van der Waals surface area contributed by atoms with Crippen molar-refractivity contribution in [3.05, 3.63) is 64.7 Å². The largest absolute Gasteiger partial charge is 0.378 e. The van der Waals surface area contributed by atoms with E-state index < -0.39 is 0 Å². The monoisotopic (exact) mass is 399 g/mol. The van der Waals surface area contributed by atoms with Crippen molar-refractivity contribution in [3.8, 4) is 5.69 Å². The number of rotatable bonds is 4. The fourth-order valence-corrected chi connectivity index (χ4v) is 3.97. The van der Waals surface area contributed by atoms with Gasteiger partial charge in [-0.25, -0.2) is 9.37 Å². The highest BCUT2D eigenvalue weighted by molar-refractivity contribution is 7.99. The highest BCUT2D eigenvalue weighted by Gasteiger charge is 2.19. The van der Waals surface area contributed by atoms with E-state index in [1.165, 1.54) is 40.6 Å². The minimum absolute atomic E-state index is 0.0265. The van der Waals surface area contributed by atoms with Gasteiger partial charge in [0.2, 0.25) is 5.91 Å². The number of ether oxygens (including phenoxy) is 1. The molecule has 0 atom stereocenters. The van der Waals surface area contributed by atoms with Gasteiger partial charge in [0, 0.05) is 13.1 Å². The number of benzene rings is 2. The van der Waals surface area contributed by atoms with Crippen molar-refractivity contribution in [2.45, 2.75) is 5.16 Å². The molecule has 1 saturated heterocycles. The maximum Gasteiger partial charge on any atom is 0.266 e. The van der Waals surface area contributed by atoms with Crippen LogP contribution in [0.5, 0.6) is 0 Å². The summed E-state index contributed by atoms with van der Waals surface area (Å²) in [5.74, 6) is -0.255. The van der Waals surface area contributed by atoms with Crippen molar-refractivity contribution < 1.29 is 13.9 Å². The van der Waals surface area contributed by atoms with Crippen LogP contribution in [-0.4, -0.2) is 52.4 Å². The molecule has 1 amide bonds. The van der Waals surface area contributed by atoms with Gasteiger partial charge in [-0.15, -0.1) is 0 Å². The SMILES string of the molecule is O=C(CSc1nc2ccccc2c(=O)n1-c1ccc(F)cc1)N1CCOCC1. The number of fused-ring (bicyclic) bond motifs is 1. The molecule has 1 aliphatic rings. The van der Waals surface area contributed by atoms with Crippen LogP contribution in [0.25, 0.3) is 16.6 Å². The molecule has 6 nitrogen and oxygen atoms in total. The van der Waals surface area contributed by atoms with E-state index in [2.05, 4.69) is 4.98 Å². The molecule has 2 aromatic carbocycles. The second-order valence-electron chi connectivity index (χ2n) is 6.31. The molecule has 0 saturated carbocycles. The Balaban J connectivity index is 1.71. The number of para-hydroxylation sites is 1. The van der Waals surface area contributed by atoms with Gasteiger partial charge in [0.25, 0.3) is 5.56 Å². The molecule has 1 aromatic heterocycles. The molecule has 3 aromatic rings. The van der Waals surface area contributed by atoms with Crippen LogP contribution in [0, 0.1) is 5.82 Å². The lowest BCUT2D eigenvalue weighted by atomic mass is 10.2. The van der Waals surface area contributed by atoms with Crippen molar-refractivity contribution in [1.82, 2.24) is 14.5 Å². The summed E-state index contributed by atoms with van der Waals surface area (Å²) in [5.41, 5.74) is 0.816. The molecular formula is C20H18FN3O3S. The maximum absolute atomic E-state index is 13.3. The van der Waals surface area contributed by atoms with E-state index in [0.717, 1.165) is 0 Å². The Kier molecular flexibility index (Phi) is 5.40. The normalized spacial score (nSPS) is 14.4. The number of carbonyl (C=O) groups excluding carboxylic acids is 1. The van der Waals surface area contributed by atoms with Crippen molar-refractivity contribution in [2.24, 2.45) is 0 Å². The standard InChI is InChI=1S/C20H18FN3O3S/c21-14-5-7-15(8-6-14)24-19(26)16-3-1-2-4-17(16)22-20(24)28-13-18(25)23-9-11-27-12-10-23/h1-8H,9-13H2. The molecule has 0 unspecified atom stereocenters. The molecule has 1 aliphatic heterocycles. The van der Waals surface area contributed by atoms with Crippen molar-refractivity contribution in [2.75, 3.05) is 32.1 Å². The highest BCUT2D eigenvalue weighted by Crippen LogP contribution is 2.22. The minimum Gasteiger partial charge on any atom is -0.378 e. The Hall–Kier alpha value is -2.71. The maximum atomic E-state index is 13.3. The topological polar surface area (TPSA) is 64.4 Å². The number of morpholine rings is 1. The predicted molar refractivity (Wildman–Crippen MR) is 105 cm³/mol. The van der Waals surface area contributed by atoms with Gasteiger partial charge >= 0.3 is 0 Å². The number of nitrogens with zero attached hydrogens (tertiary/aromatic N) is 3. The first kappa shape index (κ1) is 18.6. The third-order valence-electron chi connectivity index (χ3n) is 4.52. The van der Waals surface area contributed by atoms with Crippen LogP contribution in [0.3, 0.4) is 0 Å². The van der Waals surface area contributed by atoms with E-state index in [1.807, 2.05) is 6.07 Å². The summed E-state index contributed by atoms with van der Waals surface area (Å²) < 4.78 is 20.1. The van der Waals surface area contributed by atoms with Gasteiger partial charge in [-0.1, -0.05) is 23.9 Å². The van der Waals surface area contributed by atoms with Crippen LogP contribution in [0.15, 0.2) is 58.5 Å². The number of thioether (sulfide) groups is 1. The molecule has 0 N–H and O–H groups in total. The molecule has 1 fully saturated rings. The predicted octanol–water partition coefficient (Wildman–Crippen LogP) is 2.48. The smallest absolute Gasteiger partial charge is 0.266 e. The molecule has 28 heavy (non-hydrogen) atoms. The van der Waals surface area contributed by atoms with Crippen molar-refractivity contribution >= 4 is 28.6 Å². The zero-order chi connectivity index (χ0) is 19.5. The lowest BCUT2D eigenvalue weighted by Crippen LogP contribution is -2.41. The summed E-state index contributed by atoms with van der Waals surface area (Å²) in [7, 11) is 0. The summed E-state index contributed by atoms with van der Waals surface area (Å²) in [4.78, 5) is 31.9.